The zero-order valence-electron chi connectivity index (χ0n) is 13.5. The van der Waals surface area contributed by atoms with Gasteiger partial charge < -0.3 is 9.64 Å². The van der Waals surface area contributed by atoms with Gasteiger partial charge in [-0.3, -0.25) is 4.90 Å². The topological polar surface area (TPSA) is 45.7 Å². The van der Waals surface area contributed by atoms with Crippen LogP contribution in [-0.2, 0) is 4.74 Å². The first-order valence-electron chi connectivity index (χ1n) is 7.37. The van der Waals surface area contributed by atoms with Gasteiger partial charge in [-0.05, 0) is 41.2 Å². The molecule has 118 valence electrons. The molecule has 5 nitrogen and oxygen atoms in total. The molecule has 0 saturated carbocycles. The molecule has 2 rings (SSSR count). The van der Waals surface area contributed by atoms with Crippen molar-refractivity contribution in [2.24, 2.45) is 0 Å². The molecule has 1 aromatic rings. The van der Waals surface area contributed by atoms with E-state index in [0.717, 1.165) is 24.5 Å². The normalized spacial score (nSPS) is 20.9. The van der Waals surface area contributed by atoms with E-state index in [9.17, 15) is 4.79 Å². The molecule has 1 unspecified atom stereocenters. The second kappa shape index (κ2) is 6.32. The minimum Gasteiger partial charge on any atom is -0.444 e. The van der Waals surface area contributed by atoms with Crippen molar-refractivity contribution in [1.29, 1.82) is 0 Å². The third-order valence-corrected chi connectivity index (χ3v) is 4.76. The molecule has 0 aromatic carbocycles. The summed E-state index contributed by atoms with van der Waals surface area (Å²) in [6.07, 6.45) is 2.61. The maximum Gasteiger partial charge on any atom is 0.410 e. The van der Waals surface area contributed by atoms with E-state index in [0.29, 0.717) is 6.04 Å². The highest BCUT2D eigenvalue weighted by Gasteiger charge is 2.33. The lowest BCUT2D eigenvalue weighted by Gasteiger charge is -2.30. The SMILES string of the molecule is CC(c1nccs1)N(C)[C@H]1CCN(C(=O)OC(C)(C)C)C1. The molecular weight excluding hydrogens is 286 g/mol. The quantitative estimate of drug-likeness (QED) is 0.860. The molecule has 0 radical (unpaired) electrons. The lowest BCUT2D eigenvalue weighted by Crippen LogP contribution is -2.39. The number of thiazole rings is 1. The van der Waals surface area contributed by atoms with E-state index in [2.05, 4.69) is 23.9 Å². The third-order valence-electron chi connectivity index (χ3n) is 3.81. The van der Waals surface area contributed by atoms with E-state index >= 15 is 0 Å². The average Bonchev–Trinajstić information content (AvgIpc) is 3.06. The van der Waals surface area contributed by atoms with Crippen LogP contribution in [0.1, 0.15) is 45.2 Å². The fraction of sp³-hybridized carbons (Fsp3) is 0.733. The van der Waals surface area contributed by atoms with Crippen LogP contribution in [0.15, 0.2) is 11.6 Å². The molecule has 6 heteroatoms. The van der Waals surface area contributed by atoms with Gasteiger partial charge in [-0.1, -0.05) is 0 Å². The molecule has 0 N–H and O–H groups in total. The molecule has 1 aliphatic rings. The van der Waals surface area contributed by atoms with Crippen LogP contribution in [0.4, 0.5) is 4.79 Å². The van der Waals surface area contributed by atoms with Crippen molar-refractivity contribution < 1.29 is 9.53 Å². The Kier molecular flexibility index (Phi) is 4.88. The highest BCUT2D eigenvalue weighted by Crippen LogP contribution is 2.27. The van der Waals surface area contributed by atoms with Crippen molar-refractivity contribution in [2.75, 3.05) is 20.1 Å². The number of hydrogen-bond acceptors (Lipinski definition) is 5. The molecule has 0 bridgehead atoms. The van der Waals surface area contributed by atoms with Crippen molar-refractivity contribution >= 4 is 17.4 Å². The molecular formula is C15H25N3O2S. The second-order valence-electron chi connectivity index (χ2n) is 6.58. The van der Waals surface area contributed by atoms with Crippen LogP contribution in [-0.4, -0.2) is 52.7 Å². The van der Waals surface area contributed by atoms with E-state index in [1.54, 1.807) is 16.2 Å². The smallest absolute Gasteiger partial charge is 0.410 e. The van der Waals surface area contributed by atoms with Crippen LogP contribution in [0.5, 0.6) is 0 Å². The predicted octanol–water partition coefficient (Wildman–Crippen LogP) is 3.15. The van der Waals surface area contributed by atoms with Gasteiger partial charge in [0.05, 0.1) is 6.04 Å². The minimum atomic E-state index is -0.435. The Bertz CT molecular complexity index is 470. The third kappa shape index (κ3) is 4.17. The van der Waals surface area contributed by atoms with Crippen molar-refractivity contribution in [2.45, 2.75) is 51.8 Å². The Hall–Kier alpha value is -1.14. The summed E-state index contributed by atoms with van der Waals surface area (Å²) in [5.74, 6) is 0. The molecule has 1 amide bonds. The highest BCUT2D eigenvalue weighted by molar-refractivity contribution is 7.09. The summed E-state index contributed by atoms with van der Waals surface area (Å²) in [6, 6.07) is 0.630. The molecule has 2 heterocycles. The number of hydrogen-bond donors (Lipinski definition) is 0. The number of carbonyl (C=O) groups excluding carboxylic acids is 1. The molecule has 1 aliphatic heterocycles. The lowest BCUT2D eigenvalue weighted by molar-refractivity contribution is 0.0278. The van der Waals surface area contributed by atoms with Crippen molar-refractivity contribution in [3.63, 3.8) is 0 Å². The summed E-state index contributed by atoms with van der Waals surface area (Å²) in [6.45, 7) is 9.34. The summed E-state index contributed by atoms with van der Waals surface area (Å²) in [7, 11) is 2.11. The number of rotatable bonds is 3. The molecule has 1 aromatic heterocycles. The number of aromatic nitrogens is 1. The Morgan fingerprint density at radius 3 is 2.86 bits per heavy atom. The first kappa shape index (κ1) is 16.2. The van der Waals surface area contributed by atoms with Crippen LogP contribution >= 0.6 is 11.3 Å². The van der Waals surface area contributed by atoms with Gasteiger partial charge in [0.2, 0.25) is 0 Å². The van der Waals surface area contributed by atoms with Crippen LogP contribution in [0.25, 0.3) is 0 Å². The van der Waals surface area contributed by atoms with Crippen LogP contribution in [0, 0.1) is 0 Å². The van der Waals surface area contributed by atoms with Gasteiger partial charge in [0, 0.05) is 30.7 Å². The van der Waals surface area contributed by atoms with Crippen molar-refractivity contribution in [3.05, 3.63) is 16.6 Å². The summed E-state index contributed by atoms with van der Waals surface area (Å²) in [4.78, 5) is 20.6. The molecule has 0 spiro atoms. The molecule has 21 heavy (non-hydrogen) atoms. The van der Waals surface area contributed by atoms with Crippen LogP contribution in [0.2, 0.25) is 0 Å². The zero-order chi connectivity index (χ0) is 15.6. The number of amides is 1. The van der Waals surface area contributed by atoms with Gasteiger partial charge in [-0.25, -0.2) is 9.78 Å². The predicted molar refractivity (Wildman–Crippen MR) is 84.5 cm³/mol. The summed E-state index contributed by atoms with van der Waals surface area (Å²) in [5, 5.41) is 3.12. The number of likely N-dealkylation sites (N-methyl/N-ethyl adjacent to an activating group) is 1. The monoisotopic (exact) mass is 311 g/mol. The fourth-order valence-corrected chi connectivity index (χ4v) is 3.24. The van der Waals surface area contributed by atoms with Crippen LogP contribution in [0.3, 0.4) is 0 Å². The van der Waals surface area contributed by atoms with Gasteiger partial charge in [-0.2, -0.15) is 0 Å². The Labute approximate surface area is 130 Å². The van der Waals surface area contributed by atoms with Gasteiger partial charge in [0.1, 0.15) is 10.6 Å². The maximum atomic E-state index is 12.1. The number of nitrogens with zero attached hydrogens (tertiary/aromatic N) is 3. The van der Waals surface area contributed by atoms with Gasteiger partial charge in [0.15, 0.2) is 0 Å². The highest BCUT2D eigenvalue weighted by atomic mass is 32.1. The number of ether oxygens (including phenoxy) is 1. The van der Waals surface area contributed by atoms with Gasteiger partial charge in [-0.15, -0.1) is 11.3 Å². The van der Waals surface area contributed by atoms with Crippen molar-refractivity contribution in [1.82, 2.24) is 14.8 Å². The molecule has 1 fully saturated rings. The van der Waals surface area contributed by atoms with Gasteiger partial charge in [0.25, 0.3) is 0 Å². The first-order valence-corrected chi connectivity index (χ1v) is 8.25. The van der Waals surface area contributed by atoms with E-state index < -0.39 is 5.60 Å². The summed E-state index contributed by atoms with van der Waals surface area (Å²) in [5.41, 5.74) is -0.435. The minimum absolute atomic E-state index is 0.208. The van der Waals surface area contributed by atoms with Crippen molar-refractivity contribution in [3.8, 4) is 0 Å². The van der Waals surface area contributed by atoms with Gasteiger partial charge >= 0.3 is 6.09 Å². The molecule has 2 atom stereocenters. The van der Waals surface area contributed by atoms with E-state index in [-0.39, 0.29) is 12.1 Å². The van der Waals surface area contributed by atoms with E-state index in [4.69, 9.17) is 4.74 Å². The zero-order valence-corrected chi connectivity index (χ0v) is 14.3. The molecule has 1 saturated heterocycles. The first-order chi connectivity index (χ1) is 9.78. The second-order valence-corrected chi connectivity index (χ2v) is 7.51. The number of likely N-dealkylation sites (tertiary alicyclic amines) is 1. The summed E-state index contributed by atoms with van der Waals surface area (Å²) < 4.78 is 5.44. The maximum absolute atomic E-state index is 12.1. The Morgan fingerprint density at radius 1 is 1.57 bits per heavy atom. The Balaban J connectivity index is 1.91. The fourth-order valence-electron chi connectivity index (χ4n) is 2.50. The molecule has 0 aliphatic carbocycles. The largest absolute Gasteiger partial charge is 0.444 e. The summed E-state index contributed by atoms with van der Waals surface area (Å²) >= 11 is 1.68. The Morgan fingerprint density at radius 2 is 2.29 bits per heavy atom. The number of carbonyl (C=O) groups is 1. The average molecular weight is 311 g/mol. The standard InChI is InChI=1S/C15H25N3O2S/c1-11(13-16-7-9-21-13)17(5)12-6-8-18(10-12)14(19)20-15(2,3)4/h7,9,11-12H,6,8,10H2,1-5H3/t11?,12-/m0/s1. The van der Waals surface area contributed by atoms with Crippen LogP contribution < -0.4 is 0 Å². The lowest BCUT2D eigenvalue weighted by atomic mass is 10.2. The van der Waals surface area contributed by atoms with E-state index in [1.807, 2.05) is 32.3 Å². The van der Waals surface area contributed by atoms with E-state index in [1.165, 1.54) is 0 Å².